The molecule has 0 fully saturated rings. The predicted molar refractivity (Wildman–Crippen MR) is 147 cm³/mol. The normalized spacial score (nSPS) is 12.0. The first kappa shape index (κ1) is 26.7. The first-order valence-corrected chi connectivity index (χ1v) is 13.2. The smallest absolute Gasteiger partial charge is 0.264 e. The number of aromatic hydroxyl groups is 2. The second-order valence-corrected chi connectivity index (χ2v) is 10.0. The first-order valence-electron chi connectivity index (χ1n) is 11.7. The fourth-order valence-corrected chi connectivity index (χ4v) is 4.85. The number of carbonyl (C=O) groups excluding carboxylic acids is 2. The maximum absolute atomic E-state index is 12.3. The second kappa shape index (κ2) is 11.3. The molecule has 0 aliphatic heterocycles. The highest BCUT2D eigenvalue weighted by Gasteiger charge is 2.18. The minimum atomic E-state index is -0.523. The highest BCUT2D eigenvalue weighted by molar-refractivity contribution is 9.10. The van der Waals surface area contributed by atoms with Crippen LogP contribution < -0.4 is 0 Å². The zero-order valence-corrected chi connectivity index (χ0v) is 23.3. The van der Waals surface area contributed by atoms with Crippen molar-refractivity contribution >= 4 is 76.9 Å². The number of carbonyl (C=O) groups is 2. The Kier molecular flexibility index (Phi) is 8.18. The molecule has 0 aliphatic carbocycles. The molecular weight excluding hydrogens is 608 g/mol. The fraction of sp³-hybridized carbons (Fsp3) is 0.280. The van der Waals surface area contributed by atoms with E-state index < -0.39 is 11.8 Å². The number of hydrogen-bond donors (Lipinski definition) is 2. The molecule has 0 unspecified atom stereocenters. The highest BCUT2D eigenvalue weighted by atomic mass is 79.9. The Labute approximate surface area is 229 Å². The van der Waals surface area contributed by atoms with Gasteiger partial charge in [0.2, 0.25) is 11.8 Å². The van der Waals surface area contributed by atoms with Gasteiger partial charge in [0, 0.05) is 45.6 Å². The quantitative estimate of drug-likeness (QED) is 0.193. The molecular formula is C25H24Br2N6O4. The van der Waals surface area contributed by atoms with Crippen molar-refractivity contribution < 1.29 is 19.8 Å². The van der Waals surface area contributed by atoms with Crippen molar-refractivity contribution in [3.63, 3.8) is 0 Å². The van der Waals surface area contributed by atoms with Gasteiger partial charge in [-0.05, 0) is 56.7 Å². The van der Waals surface area contributed by atoms with Crippen LogP contribution in [0.3, 0.4) is 0 Å². The number of nitrogens with zero attached hydrogens (tertiary/aromatic N) is 6. The third-order valence-electron chi connectivity index (χ3n) is 5.88. The van der Waals surface area contributed by atoms with Crippen molar-refractivity contribution in [2.75, 3.05) is 0 Å². The van der Waals surface area contributed by atoms with Crippen molar-refractivity contribution in [1.82, 2.24) is 9.13 Å². The van der Waals surface area contributed by atoms with E-state index in [4.69, 9.17) is 0 Å². The zero-order valence-electron chi connectivity index (χ0n) is 20.1. The summed E-state index contributed by atoms with van der Waals surface area (Å²) in [4.78, 5) is 24.5. The third-order valence-corrected chi connectivity index (χ3v) is 6.87. The minimum Gasteiger partial charge on any atom is -0.493 e. The molecule has 2 N–H and O–H groups in total. The summed E-state index contributed by atoms with van der Waals surface area (Å²) in [7, 11) is 0. The van der Waals surface area contributed by atoms with E-state index in [1.54, 1.807) is 21.3 Å². The van der Waals surface area contributed by atoms with E-state index >= 15 is 0 Å². The van der Waals surface area contributed by atoms with Crippen LogP contribution >= 0.6 is 31.9 Å². The lowest BCUT2D eigenvalue weighted by atomic mass is 10.2. The van der Waals surface area contributed by atoms with E-state index in [2.05, 4.69) is 52.3 Å². The van der Waals surface area contributed by atoms with Crippen LogP contribution in [0.4, 0.5) is 11.4 Å². The topological polar surface area (TPSA) is 134 Å². The zero-order chi connectivity index (χ0) is 26.7. The number of amides is 2. The van der Waals surface area contributed by atoms with Crippen molar-refractivity contribution in [1.29, 1.82) is 0 Å². The summed E-state index contributed by atoms with van der Waals surface area (Å²) in [6, 6.07) is 11.0. The van der Waals surface area contributed by atoms with Gasteiger partial charge in [-0.2, -0.15) is 0 Å². The van der Waals surface area contributed by atoms with E-state index in [0.29, 0.717) is 23.9 Å². The molecule has 4 aromatic rings. The molecule has 0 aliphatic rings. The minimum absolute atomic E-state index is 0.0189. The number of halogens is 2. The van der Waals surface area contributed by atoms with Crippen LogP contribution in [0.25, 0.3) is 21.8 Å². The lowest BCUT2D eigenvalue weighted by molar-refractivity contribution is -0.119. The molecule has 0 saturated heterocycles. The maximum atomic E-state index is 12.3. The SMILES string of the molecule is CCn1c(O)c(N=NC(=O)CCCC(=O)N=Nc2c(O)n(CC)c3ccc(Br)cc23)c2cc(Br)ccc21. The molecule has 0 spiro atoms. The molecule has 2 aromatic carbocycles. The summed E-state index contributed by atoms with van der Waals surface area (Å²) in [6.45, 7) is 4.84. The van der Waals surface area contributed by atoms with Gasteiger partial charge in [-0.3, -0.25) is 9.59 Å². The molecule has 2 aromatic heterocycles. The van der Waals surface area contributed by atoms with Gasteiger partial charge >= 0.3 is 0 Å². The van der Waals surface area contributed by atoms with Crippen LogP contribution in [0.1, 0.15) is 33.1 Å². The second-order valence-electron chi connectivity index (χ2n) is 8.20. The van der Waals surface area contributed by atoms with Gasteiger partial charge in [0.25, 0.3) is 11.8 Å². The van der Waals surface area contributed by atoms with E-state index in [-0.39, 0.29) is 42.4 Å². The van der Waals surface area contributed by atoms with Crippen LogP contribution in [0.15, 0.2) is 65.8 Å². The number of azo groups is 2. The Bertz CT molecular complexity index is 1450. The number of benzene rings is 2. The van der Waals surface area contributed by atoms with Gasteiger partial charge in [0.1, 0.15) is 0 Å². The summed E-state index contributed by atoms with van der Waals surface area (Å²) >= 11 is 6.81. The largest absolute Gasteiger partial charge is 0.493 e. The van der Waals surface area contributed by atoms with Gasteiger partial charge in [-0.1, -0.05) is 31.9 Å². The molecule has 4 rings (SSSR count). The number of aryl methyl sites for hydroxylation is 2. The summed E-state index contributed by atoms with van der Waals surface area (Å²) in [6.07, 6.45) is 0.169. The van der Waals surface area contributed by atoms with Crippen molar-refractivity contribution in [2.45, 2.75) is 46.2 Å². The fourth-order valence-electron chi connectivity index (χ4n) is 4.13. The van der Waals surface area contributed by atoms with Crippen LogP contribution in [-0.2, 0) is 22.7 Å². The standard InChI is InChI=1S/C25H24Br2N6O4/c1-3-32-18-10-8-14(26)12-16(18)22(24(32)36)30-28-20(34)6-5-7-21(35)29-31-23-17-13-15(27)9-11-19(17)33(4-2)25(23)37/h8-13,36-37H,3-7H2,1-2H3. The average molecular weight is 632 g/mol. The Balaban J connectivity index is 1.39. The highest BCUT2D eigenvalue weighted by Crippen LogP contribution is 2.41. The molecule has 192 valence electrons. The molecule has 0 radical (unpaired) electrons. The molecule has 12 heteroatoms. The Morgan fingerprint density at radius 2 is 1.16 bits per heavy atom. The van der Waals surface area contributed by atoms with Gasteiger partial charge in [-0.15, -0.1) is 20.5 Å². The van der Waals surface area contributed by atoms with Crippen LogP contribution in [0.2, 0.25) is 0 Å². The predicted octanol–water partition coefficient (Wildman–Crippen LogP) is 7.66. The van der Waals surface area contributed by atoms with Crippen LogP contribution in [0.5, 0.6) is 11.8 Å². The maximum Gasteiger partial charge on any atom is 0.264 e. The lowest BCUT2D eigenvalue weighted by Gasteiger charge is -2.01. The van der Waals surface area contributed by atoms with Gasteiger partial charge in [-0.25, -0.2) is 0 Å². The first-order chi connectivity index (χ1) is 17.7. The molecule has 2 amide bonds. The van der Waals surface area contributed by atoms with E-state index in [1.165, 1.54) is 0 Å². The summed E-state index contributed by atoms with van der Waals surface area (Å²) in [5, 5.41) is 37.8. The van der Waals surface area contributed by atoms with Gasteiger partial charge in [0.05, 0.1) is 11.0 Å². The lowest BCUT2D eigenvalue weighted by Crippen LogP contribution is -1.97. The number of fused-ring (bicyclic) bond motifs is 2. The number of rotatable bonds is 8. The van der Waals surface area contributed by atoms with E-state index in [1.807, 2.05) is 38.1 Å². The van der Waals surface area contributed by atoms with E-state index in [9.17, 15) is 19.8 Å². The summed E-state index contributed by atoms with van der Waals surface area (Å²) in [5.74, 6) is -1.18. The number of hydrogen-bond acceptors (Lipinski definition) is 6. The Hall–Kier alpha value is -3.38. The van der Waals surface area contributed by atoms with E-state index in [0.717, 1.165) is 20.0 Å². The molecule has 0 saturated carbocycles. The molecule has 10 nitrogen and oxygen atoms in total. The monoisotopic (exact) mass is 630 g/mol. The van der Waals surface area contributed by atoms with Crippen molar-refractivity contribution in [3.05, 3.63) is 45.3 Å². The molecule has 0 bridgehead atoms. The van der Waals surface area contributed by atoms with Crippen molar-refractivity contribution in [2.24, 2.45) is 20.5 Å². The average Bonchev–Trinajstić information content (AvgIpc) is 3.29. The summed E-state index contributed by atoms with van der Waals surface area (Å²) < 4.78 is 4.98. The Morgan fingerprint density at radius 3 is 1.54 bits per heavy atom. The Morgan fingerprint density at radius 1 is 0.757 bits per heavy atom. The van der Waals surface area contributed by atoms with Gasteiger partial charge < -0.3 is 19.3 Å². The number of aromatic nitrogens is 2. The molecule has 2 heterocycles. The molecule has 37 heavy (non-hydrogen) atoms. The summed E-state index contributed by atoms with van der Waals surface area (Å²) in [5.41, 5.74) is 1.99. The van der Waals surface area contributed by atoms with Crippen molar-refractivity contribution in [3.8, 4) is 11.8 Å². The van der Waals surface area contributed by atoms with Gasteiger partial charge in [0.15, 0.2) is 11.4 Å². The van der Waals surface area contributed by atoms with Crippen LogP contribution in [0, 0.1) is 0 Å². The van der Waals surface area contributed by atoms with Crippen LogP contribution in [-0.4, -0.2) is 31.2 Å². The third kappa shape index (κ3) is 5.49. The molecule has 0 atom stereocenters.